The Kier molecular flexibility index (Phi) is 7.45. The molecule has 0 saturated carbocycles. The first kappa shape index (κ1) is 26.7. The molecule has 4 rings (SSSR count). The summed E-state index contributed by atoms with van der Waals surface area (Å²) in [6.45, 7) is 3.03. The minimum absolute atomic E-state index is 0.0797. The van der Waals surface area contributed by atoms with Gasteiger partial charge in [-0.2, -0.15) is 0 Å². The van der Waals surface area contributed by atoms with Crippen molar-refractivity contribution < 1.29 is 43.9 Å². The molecule has 0 radical (unpaired) electrons. The summed E-state index contributed by atoms with van der Waals surface area (Å²) in [6.07, 6.45) is 0.328. The summed E-state index contributed by atoms with van der Waals surface area (Å²) in [4.78, 5) is 29.3. The van der Waals surface area contributed by atoms with Crippen molar-refractivity contribution in [2.75, 3.05) is 21.3 Å². The Hall–Kier alpha value is -4.31. The second-order valence-electron chi connectivity index (χ2n) is 8.94. The van der Waals surface area contributed by atoms with Crippen LogP contribution in [-0.4, -0.2) is 53.4 Å². The number of pyridine rings is 1. The molecule has 10 nitrogen and oxygen atoms in total. The number of phenolic OH excluding ortho intramolecular Hbond substituents is 2. The van der Waals surface area contributed by atoms with Crippen LogP contribution in [0.15, 0.2) is 30.5 Å². The maximum Gasteiger partial charge on any atom is 0.306 e. The van der Waals surface area contributed by atoms with Crippen LogP contribution in [0.1, 0.15) is 69.2 Å². The van der Waals surface area contributed by atoms with Crippen LogP contribution in [0.3, 0.4) is 0 Å². The van der Waals surface area contributed by atoms with Gasteiger partial charge in [-0.1, -0.05) is 6.07 Å². The standard InChI is InChI=1S/C28H29NO9/c1-13-25(32)23-15(11-29-13)12-38-28(23)20-9-18(14(2)30)26(33)24(27(20)34)19(10-22(31)37-5)17-7-6-16(35-3)8-21(17)36-4/h6-9,11,19,28,32-34H,10,12H2,1-5H3/t19-,28+/m0/s1. The molecule has 3 N–H and O–H groups in total. The smallest absolute Gasteiger partial charge is 0.306 e. The lowest BCUT2D eigenvalue weighted by Gasteiger charge is -2.25. The van der Waals surface area contributed by atoms with Gasteiger partial charge in [-0.05, 0) is 26.0 Å². The molecule has 1 aliphatic rings. The molecule has 0 bridgehead atoms. The van der Waals surface area contributed by atoms with E-state index in [0.717, 1.165) is 0 Å². The van der Waals surface area contributed by atoms with E-state index < -0.39 is 35.3 Å². The van der Waals surface area contributed by atoms with E-state index in [1.165, 1.54) is 34.3 Å². The summed E-state index contributed by atoms with van der Waals surface area (Å²) in [5.74, 6) is -2.25. The Morgan fingerprint density at radius 3 is 2.45 bits per heavy atom. The molecule has 0 aliphatic carbocycles. The average Bonchev–Trinajstić information content (AvgIpc) is 3.34. The molecule has 2 heterocycles. The summed E-state index contributed by atoms with van der Waals surface area (Å²) in [7, 11) is 4.16. The zero-order valence-electron chi connectivity index (χ0n) is 21.7. The van der Waals surface area contributed by atoms with Gasteiger partial charge in [-0.15, -0.1) is 0 Å². The zero-order valence-corrected chi connectivity index (χ0v) is 21.7. The topological polar surface area (TPSA) is 145 Å². The SMILES string of the molecule is COC(=O)C[C@@H](c1ccc(OC)cc1OC)c1c(O)c(C(C)=O)cc([C@H]2OCc3cnc(C)c(O)c32)c1O. The number of ketones is 1. The van der Waals surface area contributed by atoms with Gasteiger partial charge in [-0.3, -0.25) is 14.6 Å². The van der Waals surface area contributed by atoms with E-state index in [1.54, 1.807) is 31.3 Å². The number of Topliss-reactive ketones (excluding diaryl/α,β-unsaturated/α-hetero) is 1. The Balaban J connectivity index is 2.01. The Labute approximate surface area is 219 Å². The fourth-order valence-electron chi connectivity index (χ4n) is 4.79. The van der Waals surface area contributed by atoms with Crippen molar-refractivity contribution in [2.45, 2.75) is 38.9 Å². The molecule has 0 fully saturated rings. The number of ether oxygens (including phenoxy) is 4. The highest BCUT2D eigenvalue weighted by Gasteiger charge is 2.37. The first-order chi connectivity index (χ1) is 18.1. The van der Waals surface area contributed by atoms with Crippen LogP contribution in [0, 0.1) is 6.92 Å². The van der Waals surface area contributed by atoms with Gasteiger partial charge in [0.1, 0.15) is 34.9 Å². The summed E-state index contributed by atoms with van der Waals surface area (Å²) >= 11 is 0. The second-order valence-corrected chi connectivity index (χ2v) is 8.94. The van der Waals surface area contributed by atoms with Crippen molar-refractivity contribution in [3.05, 3.63) is 69.5 Å². The monoisotopic (exact) mass is 523 g/mol. The van der Waals surface area contributed by atoms with Crippen molar-refractivity contribution in [3.8, 4) is 28.7 Å². The number of fused-ring (bicyclic) bond motifs is 1. The number of carbonyl (C=O) groups excluding carboxylic acids is 2. The van der Waals surface area contributed by atoms with Crippen LogP contribution in [0.25, 0.3) is 0 Å². The predicted molar refractivity (Wildman–Crippen MR) is 135 cm³/mol. The number of esters is 1. The predicted octanol–water partition coefficient (Wildman–Crippen LogP) is 4.04. The van der Waals surface area contributed by atoms with E-state index in [4.69, 9.17) is 18.9 Å². The number of aromatic hydroxyl groups is 3. The molecule has 200 valence electrons. The van der Waals surface area contributed by atoms with Gasteiger partial charge >= 0.3 is 5.97 Å². The highest BCUT2D eigenvalue weighted by atomic mass is 16.5. The van der Waals surface area contributed by atoms with Gasteiger partial charge in [0.2, 0.25) is 0 Å². The van der Waals surface area contributed by atoms with E-state index in [2.05, 4.69) is 4.98 Å². The largest absolute Gasteiger partial charge is 0.507 e. The molecule has 0 saturated heterocycles. The minimum Gasteiger partial charge on any atom is -0.507 e. The number of aryl methyl sites for hydroxylation is 1. The van der Waals surface area contributed by atoms with Crippen molar-refractivity contribution in [1.29, 1.82) is 0 Å². The molecule has 0 amide bonds. The van der Waals surface area contributed by atoms with Gasteiger partial charge in [0, 0.05) is 46.0 Å². The van der Waals surface area contributed by atoms with Gasteiger partial charge in [-0.25, -0.2) is 0 Å². The minimum atomic E-state index is -0.991. The lowest BCUT2D eigenvalue weighted by molar-refractivity contribution is -0.140. The van der Waals surface area contributed by atoms with E-state index >= 15 is 0 Å². The quantitative estimate of drug-likeness (QED) is 0.292. The van der Waals surface area contributed by atoms with Gasteiger partial charge in [0.05, 0.1) is 45.6 Å². The van der Waals surface area contributed by atoms with Crippen LogP contribution in [0.2, 0.25) is 0 Å². The summed E-state index contributed by atoms with van der Waals surface area (Å²) in [5.41, 5.74) is 1.82. The number of benzene rings is 2. The molecule has 2 atom stereocenters. The van der Waals surface area contributed by atoms with Crippen LogP contribution in [0.5, 0.6) is 28.7 Å². The Bertz CT molecular complexity index is 1420. The van der Waals surface area contributed by atoms with Gasteiger partial charge in [0.15, 0.2) is 5.78 Å². The summed E-state index contributed by atoms with van der Waals surface area (Å²) in [6, 6.07) is 6.24. The highest BCUT2D eigenvalue weighted by Crippen LogP contribution is 2.51. The first-order valence-corrected chi connectivity index (χ1v) is 11.8. The summed E-state index contributed by atoms with van der Waals surface area (Å²) in [5, 5.41) is 33.7. The number of hydrogen-bond acceptors (Lipinski definition) is 10. The van der Waals surface area contributed by atoms with Crippen LogP contribution < -0.4 is 9.47 Å². The molecular formula is C28H29NO9. The van der Waals surface area contributed by atoms with Crippen molar-refractivity contribution in [1.82, 2.24) is 4.98 Å². The van der Waals surface area contributed by atoms with E-state index in [0.29, 0.717) is 33.9 Å². The van der Waals surface area contributed by atoms with Crippen molar-refractivity contribution in [3.63, 3.8) is 0 Å². The van der Waals surface area contributed by atoms with Crippen LogP contribution >= 0.6 is 0 Å². The maximum absolute atomic E-state index is 12.6. The number of aromatic nitrogens is 1. The molecule has 0 unspecified atom stereocenters. The fraction of sp³-hybridized carbons (Fsp3) is 0.321. The van der Waals surface area contributed by atoms with Crippen LogP contribution in [-0.2, 0) is 20.9 Å². The van der Waals surface area contributed by atoms with Gasteiger partial charge in [0.25, 0.3) is 0 Å². The normalized spacial score (nSPS) is 15.0. The molecule has 38 heavy (non-hydrogen) atoms. The number of rotatable bonds is 8. The zero-order chi connectivity index (χ0) is 27.7. The molecular weight excluding hydrogens is 494 g/mol. The number of methoxy groups -OCH3 is 3. The molecule has 1 aliphatic heterocycles. The van der Waals surface area contributed by atoms with Crippen molar-refractivity contribution in [2.24, 2.45) is 0 Å². The van der Waals surface area contributed by atoms with Gasteiger partial charge < -0.3 is 34.3 Å². The van der Waals surface area contributed by atoms with E-state index in [-0.39, 0.29) is 35.5 Å². The molecule has 3 aromatic rings. The Morgan fingerprint density at radius 2 is 1.82 bits per heavy atom. The first-order valence-electron chi connectivity index (χ1n) is 11.8. The maximum atomic E-state index is 12.6. The number of phenols is 2. The fourth-order valence-corrected chi connectivity index (χ4v) is 4.79. The lowest BCUT2D eigenvalue weighted by Crippen LogP contribution is -2.14. The number of hydrogen-bond donors (Lipinski definition) is 3. The van der Waals surface area contributed by atoms with E-state index in [1.807, 2.05) is 0 Å². The third-order valence-electron chi connectivity index (χ3n) is 6.79. The molecule has 10 heteroatoms. The third-order valence-corrected chi connectivity index (χ3v) is 6.79. The van der Waals surface area contributed by atoms with E-state index in [9.17, 15) is 24.9 Å². The number of carbonyl (C=O) groups is 2. The average molecular weight is 524 g/mol. The van der Waals surface area contributed by atoms with Crippen LogP contribution in [0.4, 0.5) is 0 Å². The highest BCUT2D eigenvalue weighted by molar-refractivity contribution is 5.98. The summed E-state index contributed by atoms with van der Waals surface area (Å²) < 4.78 is 21.7. The Morgan fingerprint density at radius 1 is 1.08 bits per heavy atom. The molecule has 1 aromatic heterocycles. The lowest BCUT2D eigenvalue weighted by atomic mass is 9.82. The molecule has 2 aromatic carbocycles. The molecule has 0 spiro atoms. The number of nitrogens with zero attached hydrogens (tertiary/aromatic N) is 1. The third kappa shape index (κ3) is 4.58. The van der Waals surface area contributed by atoms with Crippen molar-refractivity contribution >= 4 is 11.8 Å². The second kappa shape index (κ2) is 10.6.